The standard InChI is InChI=1S/C20H28N4O3/c1-15(23-19(25)21-14-20(26)10-6-3-7-11-20)16-12-22-24(13-16)17-8-4-5-9-18(17)27-2/h4-5,8-9,12-13,15,26H,3,6-7,10-11,14H2,1-2H3,(H2,21,23,25)/t15-/m1/s1. The van der Waals surface area contributed by atoms with Crippen LogP contribution in [0.25, 0.3) is 5.69 Å². The molecule has 0 saturated heterocycles. The van der Waals surface area contributed by atoms with Crippen LogP contribution in [0, 0.1) is 0 Å². The van der Waals surface area contributed by atoms with Crippen molar-refractivity contribution in [2.45, 2.75) is 50.7 Å². The Morgan fingerprint density at radius 3 is 2.81 bits per heavy atom. The molecule has 3 N–H and O–H groups in total. The Labute approximate surface area is 159 Å². The van der Waals surface area contributed by atoms with E-state index in [-0.39, 0.29) is 18.6 Å². The fourth-order valence-electron chi connectivity index (χ4n) is 3.47. The molecule has 27 heavy (non-hydrogen) atoms. The van der Waals surface area contributed by atoms with Gasteiger partial charge in [-0.15, -0.1) is 0 Å². The van der Waals surface area contributed by atoms with E-state index in [1.54, 1.807) is 18.0 Å². The molecule has 1 aliphatic rings. The number of ether oxygens (including phenoxy) is 1. The lowest BCUT2D eigenvalue weighted by molar-refractivity contribution is 0.00713. The third kappa shape index (κ3) is 4.80. The summed E-state index contributed by atoms with van der Waals surface area (Å²) in [7, 11) is 1.62. The van der Waals surface area contributed by atoms with Crippen LogP contribution in [0.1, 0.15) is 50.6 Å². The number of carbonyl (C=O) groups is 1. The Morgan fingerprint density at radius 2 is 2.07 bits per heavy atom. The first-order chi connectivity index (χ1) is 13.0. The van der Waals surface area contributed by atoms with Crippen molar-refractivity contribution in [1.82, 2.24) is 20.4 Å². The number of hydrogen-bond acceptors (Lipinski definition) is 4. The Morgan fingerprint density at radius 1 is 1.33 bits per heavy atom. The number of benzene rings is 1. The average molecular weight is 372 g/mol. The zero-order valence-electron chi connectivity index (χ0n) is 15.9. The van der Waals surface area contributed by atoms with E-state index in [0.717, 1.165) is 49.1 Å². The number of para-hydroxylation sites is 2. The molecule has 0 unspecified atom stereocenters. The van der Waals surface area contributed by atoms with Crippen LogP contribution in [0.15, 0.2) is 36.7 Å². The van der Waals surface area contributed by atoms with E-state index in [1.165, 1.54) is 0 Å². The van der Waals surface area contributed by atoms with Gasteiger partial charge in [0, 0.05) is 18.3 Å². The molecule has 7 heteroatoms. The second-order valence-corrected chi connectivity index (χ2v) is 7.22. The zero-order chi connectivity index (χ0) is 19.3. The van der Waals surface area contributed by atoms with Crippen molar-refractivity contribution < 1.29 is 14.6 Å². The maximum absolute atomic E-state index is 12.2. The first-order valence-electron chi connectivity index (χ1n) is 9.45. The number of amides is 2. The number of rotatable bonds is 6. The molecule has 1 saturated carbocycles. The number of methoxy groups -OCH3 is 1. The summed E-state index contributed by atoms with van der Waals surface area (Å²) in [6.07, 6.45) is 8.27. The molecule has 1 atom stereocenters. The van der Waals surface area contributed by atoms with Crippen molar-refractivity contribution in [2.24, 2.45) is 0 Å². The molecule has 1 aromatic heterocycles. The van der Waals surface area contributed by atoms with E-state index >= 15 is 0 Å². The molecule has 1 fully saturated rings. The van der Waals surface area contributed by atoms with Gasteiger partial charge in [0.05, 0.1) is 24.9 Å². The monoisotopic (exact) mass is 372 g/mol. The van der Waals surface area contributed by atoms with Crippen molar-refractivity contribution in [1.29, 1.82) is 0 Å². The highest BCUT2D eigenvalue weighted by Crippen LogP contribution is 2.27. The minimum absolute atomic E-state index is 0.213. The normalized spacial score (nSPS) is 17.1. The number of nitrogens with one attached hydrogen (secondary N) is 2. The van der Waals surface area contributed by atoms with E-state index in [9.17, 15) is 9.90 Å². The highest BCUT2D eigenvalue weighted by molar-refractivity contribution is 5.74. The van der Waals surface area contributed by atoms with Gasteiger partial charge in [0.25, 0.3) is 0 Å². The van der Waals surface area contributed by atoms with Gasteiger partial charge in [-0.1, -0.05) is 31.4 Å². The highest BCUT2D eigenvalue weighted by Gasteiger charge is 2.29. The molecule has 0 spiro atoms. The van der Waals surface area contributed by atoms with Crippen molar-refractivity contribution >= 4 is 6.03 Å². The first-order valence-corrected chi connectivity index (χ1v) is 9.45. The van der Waals surface area contributed by atoms with Gasteiger partial charge in [-0.05, 0) is 31.9 Å². The summed E-state index contributed by atoms with van der Waals surface area (Å²) < 4.78 is 7.10. The molecule has 0 bridgehead atoms. The lowest BCUT2D eigenvalue weighted by Gasteiger charge is -2.32. The second-order valence-electron chi connectivity index (χ2n) is 7.22. The van der Waals surface area contributed by atoms with E-state index in [4.69, 9.17) is 4.74 Å². The Kier molecular flexibility index (Phi) is 6.01. The smallest absolute Gasteiger partial charge is 0.315 e. The van der Waals surface area contributed by atoms with Crippen LogP contribution in [0.3, 0.4) is 0 Å². The van der Waals surface area contributed by atoms with Gasteiger partial charge in [0.1, 0.15) is 11.4 Å². The number of carbonyl (C=O) groups excluding carboxylic acids is 1. The van der Waals surface area contributed by atoms with Crippen LogP contribution in [-0.2, 0) is 0 Å². The molecule has 1 aliphatic carbocycles. The average Bonchev–Trinajstić information content (AvgIpc) is 3.17. The third-order valence-electron chi connectivity index (χ3n) is 5.14. The Bertz CT molecular complexity index is 768. The molecule has 3 rings (SSSR count). The molecular formula is C20H28N4O3. The van der Waals surface area contributed by atoms with Crippen LogP contribution in [0.2, 0.25) is 0 Å². The molecule has 1 aromatic carbocycles. The number of aliphatic hydroxyl groups is 1. The summed E-state index contributed by atoms with van der Waals surface area (Å²) in [4.78, 5) is 12.2. The summed E-state index contributed by atoms with van der Waals surface area (Å²) in [5.41, 5.74) is 0.947. The van der Waals surface area contributed by atoms with Crippen molar-refractivity contribution in [3.8, 4) is 11.4 Å². The van der Waals surface area contributed by atoms with E-state index in [1.807, 2.05) is 37.4 Å². The number of hydrogen-bond donors (Lipinski definition) is 3. The molecule has 0 radical (unpaired) electrons. The lowest BCUT2D eigenvalue weighted by atomic mass is 9.85. The maximum atomic E-state index is 12.2. The molecule has 7 nitrogen and oxygen atoms in total. The number of urea groups is 1. The van der Waals surface area contributed by atoms with Crippen LogP contribution in [0.5, 0.6) is 5.75 Å². The van der Waals surface area contributed by atoms with Gasteiger partial charge >= 0.3 is 6.03 Å². The summed E-state index contributed by atoms with van der Waals surface area (Å²) in [5, 5.41) is 20.6. The summed E-state index contributed by atoms with van der Waals surface area (Å²) in [6.45, 7) is 2.19. The fourth-order valence-corrected chi connectivity index (χ4v) is 3.47. The molecular weight excluding hydrogens is 344 g/mol. The molecule has 1 heterocycles. The quantitative estimate of drug-likeness (QED) is 0.727. The molecule has 2 amide bonds. The maximum Gasteiger partial charge on any atom is 0.315 e. The molecule has 146 valence electrons. The van der Waals surface area contributed by atoms with Gasteiger partial charge in [-0.2, -0.15) is 5.10 Å². The van der Waals surface area contributed by atoms with Crippen LogP contribution in [0.4, 0.5) is 4.79 Å². The second kappa shape index (κ2) is 8.43. The molecule has 2 aromatic rings. The minimum Gasteiger partial charge on any atom is -0.494 e. The van der Waals surface area contributed by atoms with Crippen LogP contribution in [-0.4, -0.2) is 40.2 Å². The van der Waals surface area contributed by atoms with Gasteiger partial charge < -0.3 is 20.5 Å². The number of nitrogens with zero attached hydrogens (tertiary/aromatic N) is 2. The predicted octanol–water partition coefficient (Wildman–Crippen LogP) is 2.94. The minimum atomic E-state index is -0.770. The van der Waals surface area contributed by atoms with Gasteiger partial charge in [0.15, 0.2) is 0 Å². The predicted molar refractivity (Wildman–Crippen MR) is 103 cm³/mol. The van der Waals surface area contributed by atoms with Crippen molar-refractivity contribution in [2.75, 3.05) is 13.7 Å². The third-order valence-corrected chi connectivity index (χ3v) is 5.14. The topological polar surface area (TPSA) is 88.4 Å². The lowest BCUT2D eigenvalue weighted by Crippen LogP contribution is -2.47. The zero-order valence-corrected chi connectivity index (χ0v) is 15.9. The van der Waals surface area contributed by atoms with Crippen molar-refractivity contribution in [3.63, 3.8) is 0 Å². The summed E-state index contributed by atoms with van der Waals surface area (Å²) in [6, 6.07) is 7.12. The number of aromatic nitrogens is 2. The Balaban J connectivity index is 1.57. The van der Waals surface area contributed by atoms with Gasteiger partial charge in [-0.3, -0.25) is 0 Å². The SMILES string of the molecule is COc1ccccc1-n1cc([C@@H](C)NC(=O)NCC2(O)CCCCC2)cn1. The molecule has 0 aliphatic heterocycles. The van der Waals surface area contributed by atoms with Gasteiger partial charge in [-0.25, -0.2) is 9.48 Å². The summed E-state index contributed by atoms with van der Waals surface area (Å²) in [5.74, 6) is 0.728. The van der Waals surface area contributed by atoms with E-state index < -0.39 is 5.60 Å². The Hall–Kier alpha value is -2.54. The van der Waals surface area contributed by atoms with E-state index in [0.29, 0.717) is 0 Å². The van der Waals surface area contributed by atoms with E-state index in [2.05, 4.69) is 15.7 Å². The van der Waals surface area contributed by atoms with Crippen molar-refractivity contribution in [3.05, 3.63) is 42.2 Å². The van der Waals surface area contributed by atoms with Gasteiger partial charge in [0.2, 0.25) is 0 Å². The van der Waals surface area contributed by atoms with Crippen LogP contribution < -0.4 is 15.4 Å². The first kappa shape index (κ1) is 19.2. The summed E-state index contributed by atoms with van der Waals surface area (Å²) >= 11 is 0. The fraction of sp³-hybridized carbons (Fsp3) is 0.500. The van der Waals surface area contributed by atoms with Crippen LogP contribution >= 0.6 is 0 Å². The largest absolute Gasteiger partial charge is 0.494 e. The highest BCUT2D eigenvalue weighted by atomic mass is 16.5.